The van der Waals surface area contributed by atoms with Crippen molar-refractivity contribution in [3.8, 4) is 0 Å². The molecule has 1 amide bonds. The van der Waals surface area contributed by atoms with E-state index in [9.17, 15) is 9.18 Å². The van der Waals surface area contributed by atoms with Gasteiger partial charge in [0.25, 0.3) is 5.91 Å². The number of H-pyrrole nitrogens is 1. The first kappa shape index (κ1) is 19.3. The summed E-state index contributed by atoms with van der Waals surface area (Å²) in [6.07, 6.45) is 5.51. The molecule has 4 nitrogen and oxygen atoms in total. The molecular formula is C23H22FN3OS. The molecular weight excluding hydrogens is 385 g/mol. The predicted molar refractivity (Wildman–Crippen MR) is 117 cm³/mol. The van der Waals surface area contributed by atoms with E-state index in [0.29, 0.717) is 16.8 Å². The van der Waals surface area contributed by atoms with Gasteiger partial charge in [0, 0.05) is 40.1 Å². The Morgan fingerprint density at radius 3 is 2.69 bits per heavy atom. The van der Waals surface area contributed by atoms with Gasteiger partial charge in [0.15, 0.2) is 0 Å². The predicted octanol–water partition coefficient (Wildman–Crippen LogP) is 6.21. The van der Waals surface area contributed by atoms with Gasteiger partial charge >= 0.3 is 0 Å². The Kier molecular flexibility index (Phi) is 4.96. The topological polar surface area (TPSA) is 49.8 Å². The number of amides is 1. The number of aromatic nitrogens is 2. The third-order valence-electron chi connectivity index (χ3n) is 4.70. The Bertz CT molecular complexity index is 1190. The van der Waals surface area contributed by atoms with Crippen LogP contribution < -0.4 is 5.32 Å². The fourth-order valence-electron chi connectivity index (χ4n) is 3.18. The lowest BCUT2D eigenvalue weighted by Crippen LogP contribution is -2.15. The number of aromatic amines is 1. The Balaban J connectivity index is 1.46. The Morgan fingerprint density at radius 1 is 1.10 bits per heavy atom. The van der Waals surface area contributed by atoms with Gasteiger partial charge in [-0.2, -0.15) is 0 Å². The number of benzene rings is 2. The number of carbonyl (C=O) groups is 1. The summed E-state index contributed by atoms with van der Waals surface area (Å²) in [4.78, 5) is 16.8. The summed E-state index contributed by atoms with van der Waals surface area (Å²) in [5.74, 6) is -0.586. The highest BCUT2D eigenvalue weighted by Crippen LogP contribution is 2.28. The SMILES string of the molecule is CC(C)(C)c1ccc(NC(=O)c2ccn(Sc3ccc4[nH]ccc4c3)c2)cc1F. The van der Waals surface area contributed by atoms with Crippen molar-refractivity contribution in [3.63, 3.8) is 0 Å². The number of nitrogens with zero attached hydrogens (tertiary/aromatic N) is 1. The maximum Gasteiger partial charge on any atom is 0.257 e. The molecule has 4 rings (SSSR count). The normalized spacial score (nSPS) is 11.7. The van der Waals surface area contributed by atoms with Crippen molar-refractivity contribution in [1.82, 2.24) is 8.96 Å². The quantitative estimate of drug-likeness (QED) is 0.422. The van der Waals surface area contributed by atoms with Crippen LogP contribution in [0.1, 0.15) is 36.7 Å². The van der Waals surface area contributed by atoms with Crippen LogP contribution in [0.3, 0.4) is 0 Å². The first-order valence-corrected chi connectivity index (χ1v) is 10.1. The van der Waals surface area contributed by atoms with E-state index in [1.807, 2.05) is 55.3 Å². The summed E-state index contributed by atoms with van der Waals surface area (Å²) in [7, 11) is 0. The number of hydrogen-bond donors (Lipinski definition) is 2. The number of nitrogens with one attached hydrogen (secondary N) is 2. The average Bonchev–Trinajstić information content (AvgIpc) is 3.29. The van der Waals surface area contributed by atoms with Crippen molar-refractivity contribution in [2.24, 2.45) is 0 Å². The van der Waals surface area contributed by atoms with Crippen molar-refractivity contribution in [2.75, 3.05) is 5.32 Å². The van der Waals surface area contributed by atoms with Crippen molar-refractivity contribution in [2.45, 2.75) is 31.1 Å². The molecule has 0 saturated carbocycles. The van der Waals surface area contributed by atoms with E-state index >= 15 is 0 Å². The molecule has 2 aromatic heterocycles. The van der Waals surface area contributed by atoms with Crippen molar-refractivity contribution < 1.29 is 9.18 Å². The second-order valence-corrected chi connectivity index (χ2v) is 9.05. The number of hydrogen-bond acceptors (Lipinski definition) is 2. The van der Waals surface area contributed by atoms with Gasteiger partial charge in [-0.25, -0.2) is 4.39 Å². The van der Waals surface area contributed by atoms with E-state index in [1.54, 1.807) is 24.4 Å². The number of fused-ring (bicyclic) bond motifs is 1. The Labute approximate surface area is 173 Å². The number of carbonyl (C=O) groups excluding carboxylic acids is 1. The van der Waals surface area contributed by atoms with Crippen LogP contribution in [0.25, 0.3) is 10.9 Å². The van der Waals surface area contributed by atoms with Gasteiger partial charge in [-0.3, -0.25) is 8.77 Å². The average molecular weight is 408 g/mol. The summed E-state index contributed by atoms with van der Waals surface area (Å²) in [6.45, 7) is 5.87. The molecule has 2 N–H and O–H groups in total. The maximum absolute atomic E-state index is 14.4. The van der Waals surface area contributed by atoms with E-state index in [-0.39, 0.29) is 17.1 Å². The lowest BCUT2D eigenvalue weighted by molar-refractivity contribution is 0.102. The zero-order chi connectivity index (χ0) is 20.6. The van der Waals surface area contributed by atoms with Gasteiger partial charge in [0.1, 0.15) is 5.82 Å². The molecule has 0 spiro atoms. The minimum atomic E-state index is -0.316. The van der Waals surface area contributed by atoms with Crippen molar-refractivity contribution in [1.29, 1.82) is 0 Å². The standard InChI is InChI=1S/C23H22FN3OS/c1-23(2,3)19-6-4-17(13-20(19)24)26-22(28)16-9-11-27(14-16)29-18-5-7-21-15(12-18)8-10-25-21/h4-14,25H,1-3H3,(H,26,28). The Hall–Kier alpha value is -2.99. The van der Waals surface area contributed by atoms with Crippen LogP contribution in [-0.4, -0.2) is 14.9 Å². The van der Waals surface area contributed by atoms with Crippen LogP contribution in [0.15, 0.2) is 72.0 Å². The van der Waals surface area contributed by atoms with Crippen LogP contribution in [0.2, 0.25) is 0 Å². The summed E-state index contributed by atoms with van der Waals surface area (Å²) < 4.78 is 16.3. The Morgan fingerprint density at radius 2 is 1.93 bits per heavy atom. The van der Waals surface area contributed by atoms with Crippen molar-refractivity contribution in [3.05, 3.63) is 84.1 Å². The second kappa shape index (κ2) is 7.44. The van der Waals surface area contributed by atoms with Gasteiger partial charge in [-0.05, 0) is 65.4 Å². The first-order chi connectivity index (χ1) is 13.8. The van der Waals surface area contributed by atoms with Crippen LogP contribution in [0.4, 0.5) is 10.1 Å². The smallest absolute Gasteiger partial charge is 0.257 e. The molecule has 0 atom stereocenters. The first-order valence-electron chi connectivity index (χ1n) is 9.34. The molecule has 2 heterocycles. The van der Waals surface area contributed by atoms with Crippen molar-refractivity contribution >= 4 is 34.4 Å². The third-order valence-corrected chi connectivity index (χ3v) is 5.60. The molecule has 29 heavy (non-hydrogen) atoms. The lowest BCUT2D eigenvalue weighted by Gasteiger charge is -2.20. The van der Waals surface area contributed by atoms with E-state index in [1.165, 1.54) is 18.0 Å². The highest BCUT2D eigenvalue weighted by molar-refractivity contribution is 7.97. The fourth-order valence-corrected chi connectivity index (χ4v) is 4.02. The number of anilines is 1. The third kappa shape index (κ3) is 4.22. The zero-order valence-corrected chi connectivity index (χ0v) is 17.3. The molecule has 4 aromatic rings. The lowest BCUT2D eigenvalue weighted by atomic mass is 9.86. The molecule has 0 saturated heterocycles. The number of rotatable bonds is 4. The highest BCUT2D eigenvalue weighted by Gasteiger charge is 2.19. The number of halogens is 1. The van der Waals surface area contributed by atoms with Gasteiger partial charge in [-0.15, -0.1) is 0 Å². The molecule has 148 valence electrons. The van der Waals surface area contributed by atoms with Gasteiger partial charge < -0.3 is 10.3 Å². The highest BCUT2D eigenvalue weighted by atomic mass is 32.2. The summed E-state index contributed by atoms with van der Waals surface area (Å²) in [5.41, 5.74) is 2.38. The van der Waals surface area contributed by atoms with E-state index in [2.05, 4.69) is 16.4 Å². The summed E-state index contributed by atoms with van der Waals surface area (Å²) in [6, 6.07) is 14.8. The minimum absolute atomic E-state index is 0.270. The van der Waals surface area contributed by atoms with Crippen LogP contribution in [-0.2, 0) is 5.41 Å². The maximum atomic E-state index is 14.4. The second-order valence-electron chi connectivity index (χ2n) is 7.98. The largest absolute Gasteiger partial charge is 0.361 e. The van der Waals surface area contributed by atoms with Crippen LogP contribution >= 0.6 is 11.9 Å². The zero-order valence-electron chi connectivity index (χ0n) is 16.5. The molecule has 0 bridgehead atoms. The molecule has 0 aliphatic heterocycles. The molecule has 0 aliphatic carbocycles. The van der Waals surface area contributed by atoms with Crippen LogP contribution in [0, 0.1) is 5.82 Å². The monoisotopic (exact) mass is 407 g/mol. The van der Waals surface area contributed by atoms with E-state index in [4.69, 9.17) is 0 Å². The van der Waals surface area contributed by atoms with Gasteiger partial charge in [0.05, 0.1) is 5.56 Å². The van der Waals surface area contributed by atoms with E-state index < -0.39 is 0 Å². The molecule has 0 unspecified atom stereocenters. The van der Waals surface area contributed by atoms with Crippen LogP contribution in [0.5, 0.6) is 0 Å². The minimum Gasteiger partial charge on any atom is -0.361 e. The van der Waals surface area contributed by atoms with Gasteiger partial charge in [0.2, 0.25) is 0 Å². The summed E-state index contributed by atoms with van der Waals surface area (Å²) in [5, 5.41) is 3.91. The molecule has 0 aliphatic rings. The molecule has 2 aromatic carbocycles. The fraction of sp³-hybridized carbons (Fsp3) is 0.174. The summed E-state index contributed by atoms with van der Waals surface area (Å²) >= 11 is 1.52. The molecule has 0 fully saturated rings. The van der Waals surface area contributed by atoms with E-state index in [0.717, 1.165) is 15.8 Å². The molecule has 0 radical (unpaired) electrons. The van der Waals surface area contributed by atoms with Gasteiger partial charge in [-0.1, -0.05) is 26.8 Å². The molecule has 6 heteroatoms.